The van der Waals surface area contributed by atoms with Crippen molar-refractivity contribution in [1.82, 2.24) is 26.1 Å². The van der Waals surface area contributed by atoms with Gasteiger partial charge in [0.1, 0.15) is 17.3 Å². The Morgan fingerprint density at radius 1 is 0.886 bits per heavy atom. The molecule has 12 heteroatoms. The maximum atomic E-state index is 13.6. The molecule has 234 valence electrons. The summed E-state index contributed by atoms with van der Waals surface area (Å²) < 4.78 is 5.32. The number of nitrogens with one attached hydrogen (secondary N) is 3. The Morgan fingerprint density at radius 3 is 2.18 bits per heavy atom. The van der Waals surface area contributed by atoms with Crippen molar-refractivity contribution in [3.63, 3.8) is 0 Å². The van der Waals surface area contributed by atoms with E-state index < -0.39 is 53.7 Å². The number of hydrazine groups is 1. The van der Waals surface area contributed by atoms with Crippen molar-refractivity contribution in [3.05, 3.63) is 78.0 Å². The van der Waals surface area contributed by atoms with Crippen LogP contribution in [0.1, 0.15) is 57.1 Å². The second-order valence-electron chi connectivity index (χ2n) is 11.6. The first-order chi connectivity index (χ1) is 20.7. The predicted octanol–water partition coefficient (Wildman–Crippen LogP) is 2.66. The number of hydrogen-bond donors (Lipinski definition) is 4. The molecule has 0 radical (unpaired) electrons. The van der Waals surface area contributed by atoms with E-state index in [1.807, 2.05) is 18.2 Å². The molecule has 3 aromatic rings. The van der Waals surface area contributed by atoms with Gasteiger partial charge in [-0.1, -0.05) is 54.6 Å². The van der Waals surface area contributed by atoms with Gasteiger partial charge in [-0.05, 0) is 58.7 Å². The Bertz CT molecular complexity index is 1490. The van der Waals surface area contributed by atoms with Gasteiger partial charge in [-0.15, -0.1) is 0 Å². The minimum atomic E-state index is -1.37. The number of rotatable bonds is 13. The van der Waals surface area contributed by atoms with Gasteiger partial charge in [0.05, 0.1) is 24.5 Å². The fraction of sp³-hybridized carbons (Fsp3) is 0.375. The fourth-order valence-corrected chi connectivity index (χ4v) is 4.25. The van der Waals surface area contributed by atoms with Gasteiger partial charge >= 0.3 is 6.09 Å². The van der Waals surface area contributed by atoms with Crippen LogP contribution in [0.25, 0.3) is 10.9 Å². The molecule has 12 nitrogen and oxygen atoms in total. The van der Waals surface area contributed by atoms with Crippen LogP contribution in [0.3, 0.4) is 0 Å². The summed E-state index contributed by atoms with van der Waals surface area (Å²) in [6.07, 6.45) is -1.11. The highest BCUT2D eigenvalue weighted by molar-refractivity contribution is 6.00. The number of nitrogens with zero attached hydrogens (tertiary/aromatic N) is 2. The molecule has 0 unspecified atom stereocenters. The molecule has 3 rings (SSSR count). The summed E-state index contributed by atoms with van der Waals surface area (Å²) in [7, 11) is 0. The van der Waals surface area contributed by atoms with E-state index in [0.29, 0.717) is 5.52 Å². The van der Waals surface area contributed by atoms with Crippen LogP contribution in [0.2, 0.25) is 0 Å². The number of fused-ring (bicyclic) bond motifs is 1. The lowest BCUT2D eigenvalue weighted by molar-refractivity contribution is -0.131. The summed E-state index contributed by atoms with van der Waals surface area (Å²) in [4.78, 5) is 68.9. The first kappa shape index (κ1) is 33.7. The van der Waals surface area contributed by atoms with Crippen LogP contribution in [-0.4, -0.2) is 69.9 Å². The molecule has 0 aliphatic heterocycles. The highest BCUT2D eigenvalue weighted by Gasteiger charge is 2.31. The molecule has 0 spiro atoms. The molecule has 0 saturated carbocycles. The number of ketones is 1. The fourth-order valence-electron chi connectivity index (χ4n) is 4.25. The van der Waals surface area contributed by atoms with E-state index in [4.69, 9.17) is 10.5 Å². The van der Waals surface area contributed by atoms with Crippen molar-refractivity contribution in [2.45, 2.75) is 71.2 Å². The van der Waals surface area contributed by atoms with Crippen LogP contribution in [0.4, 0.5) is 4.79 Å². The topological polar surface area (TPSA) is 173 Å². The lowest BCUT2D eigenvalue weighted by Gasteiger charge is -2.30. The first-order valence-corrected chi connectivity index (χ1v) is 14.3. The third kappa shape index (κ3) is 10.5. The van der Waals surface area contributed by atoms with E-state index >= 15 is 0 Å². The molecule has 1 aromatic heterocycles. The van der Waals surface area contributed by atoms with Crippen LogP contribution in [0.5, 0.6) is 0 Å². The quantitative estimate of drug-likeness (QED) is 0.216. The average molecular weight is 605 g/mol. The number of primary amides is 1. The monoisotopic (exact) mass is 604 g/mol. The van der Waals surface area contributed by atoms with Crippen molar-refractivity contribution in [2.24, 2.45) is 5.73 Å². The predicted molar refractivity (Wildman–Crippen MR) is 165 cm³/mol. The summed E-state index contributed by atoms with van der Waals surface area (Å²) in [5.41, 5.74) is 8.65. The van der Waals surface area contributed by atoms with Crippen molar-refractivity contribution in [1.29, 1.82) is 0 Å². The largest absolute Gasteiger partial charge is 0.443 e. The Morgan fingerprint density at radius 2 is 1.55 bits per heavy atom. The van der Waals surface area contributed by atoms with E-state index in [2.05, 4.69) is 21.0 Å². The van der Waals surface area contributed by atoms with E-state index in [1.165, 1.54) is 11.1 Å². The summed E-state index contributed by atoms with van der Waals surface area (Å²) >= 11 is 0. The van der Waals surface area contributed by atoms with E-state index in [0.717, 1.165) is 10.9 Å². The van der Waals surface area contributed by atoms with Gasteiger partial charge in [0.2, 0.25) is 11.8 Å². The number of nitrogens with two attached hydrogens (primary N) is 1. The third-order valence-corrected chi connectivity index (χ3v) is 6.43. The number of aromatic nitrogens is 1. The third-order valence-electron chi connectivity index (χ3n) is 6.43. The minimum Gasteiger partial charge on any atom is -0.443 e. The molecular formula is C32H40N6O6. The van der Waals surface area contributed by atoms with Gasteiger partial charge < -0.3 is 21.1 Å². The van der Waals surface area contributed by atoms with Crippen LogP contribution < -0.4 is 21.8 Å². The number of ether oxygens (including phenoxy) is 1. The Hall–Kier alpha value is -4.84. The van der Waals surface area contributed by atoms with Crippen LogP contribution in [0.15, 0.2) is 66.7 Å². The Kier molecular flexibility index (Phi) is 11.5. The van der Waals surface area contributed by atoms with Gasteiger partial charge in [-0.25, -0.2) is 14.8 Å². The second kappa shape index (κ2) is 15.1. The van der Waals surface area contributed by atoms with E-state index in [9.17, 15) is 24.0 Å². The van der Waals surface area contributed by atoms with Crippen molar-refractivity contribution < 1.29 is 28.7 Å². The highest BCUT2D eigenvalue weighted by Crippen LogP contribution is 2.13. The Labute approximate surface area is 256 Å². The summed E-state index contributed by atoms with van der Waals surface area (Å²) in [5.74, 6) is -2.71. The summed E-state index contributed by atoms with van der Waals surface area (Å²) in [6.45, 7) is 8.48. The number of carbonyl (C=O) groups excluding carboxylic acids is 5. The number of para-hydroxylation sites is 1. The molecule has 5 N–H and O–H groups in total. The SMILES string of the molecule is CC(C)N(CC(=O)[C@H](Cc1ccccc1)NC(=O)[C@@H](CC(N)=O)NC(=O)c1ccc2ccccc2n1)NC(=O)OC(C)(C)C. The Balaban J connectivity index is 1.81. The molecule has 4 amide bonds. The molecule has 2 aromatic carbocycles. The zero-order chi connectivity index (χ0) is 32.4. The van der Waals surface area contributed by atoms with Gasteiger partial charge in [0.25, 0.3) is 5.91 Å². The lowest BCUT2D eigenvalue weighted by Crippen LogP contribution is -2.56. The van der Waals surface area contributed by atoms with Gasteiger partial charge in [-0.3, -0.25) is 24.6 Å². The zero-order valence-electron chi connectivity index (χ0n) is 25.6. The van der Waals surface area contributed by atoms with Crippen LogP contribution in [0, 0.1) is 0 Å². The minimum absolute atomic E-state index is 0.0451. The normalized spacial score (nSPS) is 12.8. The van der Waals surface area contributed by atoms with E-state index in [1.54, 1.807) is 77.1 Å². The van der Waals surface area contributed by atoms with Gasteiger partial charge in [-0.2, -0.15) is 0 Å². The molecule has 0 aliphatic carbocycles. The molecule has 1 heterocycles. The molecule has 2 atom stereocenters. The lowest BCUT2D eigenvalue weighted by atomic mass is 10.0. The number of benzene rings is 2. The summed E-state index contributed by atoms with van der Waals surface area (Å²) in [5, 5.41) is 7.46. The van der Waals surface area contributed by atoms with Crippen LogP contribution >= 0.6 is 0 Å². The van der Waals surface area contributed by atoms with Crippen molar-refractivity contribution in [2.75, 3.05) is 6.54 Å². The average Bonchev–Trinajstić information content (AvgIpc) is 2.95. The standard InChI is InChI=1S/C32H40N6O6/c1-20(2)38(37-31(43)44-32(3,4)5)19-27(39)25(17-21-11-7-6-8-12-21)35-30(42)26(18-28(33)40)36-29(41)24-16-15-22-13-9-10-14-23(22)34-24/h6-16,20,25-26H,17-19H2,1-5H3,(H2,33,40)(H,35,42)(H,36,41)(H,37,43)/t25-,26+/m0/s1. The van der Waals surface area contributed by atoms with Crippen LogP contribution in [-0.2, 0) is 25.5 Å². The first-order valence-electron chi connectivity index (χ1n) is 14.3. The maximum absolute atomic E-state index is 13.6. The molecule has 44 heavy (non-hydrogen) atoms. The zero-order valence-corrected chi connectivity index (χ0v) is 25.6. The molecular weight excluding hydrogens is 564 g/mol. The number of hydrogen-bond acceptors (Lipinski definition) is 8. The number of amides is 4. The highest BCUT2D eigenvalue weighted by atomic mass is 16.6. The van der Waals surface area contributed by atoms with E-state index in [-0.39, 0.29) is 24.7 Å². The smallest absolute Gasteiger partial charge is 0.422 e. The second-order valence-corrected chi connectivity index (χ2v) is 11.6. The van der Waals surface area contributed by atoms with Gasteiger partial charge in [0, 0.05) is 11.4 Å². The van der Waals surface area contributed by atoms with Crippen molar-refractivity contribution in [3.8, 4) is 0 Å². The number of carbonyl (C=O) groups is 5. The number of Topliss-reactive ketones (excluding diaryl/α,β-unsaturated/α-hetero) is 1. The van der Waals surface area contributed by atoms with Crippen molar-refractivity contribution >= 4 is 40.5 Å². The molecule has 0 bridgehead atoms. The van der Waals surface area contributed by atoms with Gasteiger partial charge in [0.15, 0.2) is 5.78 Å². The molecule has 0 aliphatic rings. The summed E-state index contributed by atoms with van der Waals surface area (Å²) in [6, 6.07) is 16.8. The molecule has 0 saturated heterocycles. The maximum Gasteiger partial charge on any atom is 0.422 e. The number of pyridine rings is 1. The molecule has 0 fully saturated rings.